The van der Waals surface area contributed by atoms with Gasteiger partial charge in [-0.25, -0.2) is 4.98 Å². The van der Waals surface area contributed by atoms with E-state index in [1.807, 2.05) is 28.9 Å². The van der Waals surface area contributed by atoms with E-state index in [4.69, 9.17) is 4.98 Å². The molecule has 0 N–H and O–H groups in total. The van der Waals surface area contributed by atoms with Crippen LogP contribution in [0.3, 0.4) is 0 Å². The molecule has 366 valence electrons. The third-order valence-corrected chi connectivity index (χ3v) is 19.2. The van der Waals surface area contributed by atoms with Crippen LogP contribution in [0.1, 0.15) is 0 Å². The first kappa shape index (κ1) is 43.3. The van der Waals surface area contributed by atoms with Gasteiger partial charge in [-0.1, -0.05) is 170 Å². The van der Waals surface area contributed by atoms with Gasteiger partial charge in [-0.2, -0.15) is 0 Å². The SMILES string of the molecule is c1ccc(-c2cc(-n3c4ccccc4c4c5c6ccccc6sc5c5cc(-c6cccc7c6c6ccccc6n7-c6ccc7sc8c(-n9c%10ccccc%10c%10ccccc%109)nccc8c7c6)ccc5c43)cc3ccccc23)cc1. The van der Waals surface area contributed by atoms with E-state index < -0.39 is 0 Å². The number of hydrogen-bond donors (Lipinski definition) is 0. The molecule has 0 atom stereocenters. The second kappa shape index (κ2) is 16.3. The fourth-order valence-corrected chi connectivity index (χ4v) is 15.9. The second-order valence-corrected chi connectivity index (χ2v) is 23.0. The predicted octanol–water partition coefficient (Wildman–Crippen LogP) is 20.7. The van der Waals surface area contributed by atoms with Gasteiger partial charge in [-0.15, -0.1) is 22.7 Å². The summed E-state index contributed by atoms with van der Waals surface area (Å²) < 4.78 is 12.4. The molecule has 79 heavy (non-hydrogen) atoms. The summed E-state index contributed by atoms with van der Waals surface area (Å²) in [6, 6.07) is 92.3. The number of benzene rings is 12. The molecule has 0 unspecified atom stereocenters. The first-order valence-electron chi connectivity index (χ1n) is 26.9. The first-order valence-corrected chi connectivity index (χ1v) is 28.6. The van der Waals surface area contributed by atoms with Crippen LogP contribution in [0.15, 0.2) is 255 Å². The molecule has 6 aromatic heterocycles. The molecule has 0 spiro atoms. The zero-order valence-corrected chi connectivity index (χ0v) is 44.0. The number of para-hydroxylation sites is 4. The molecule has 4 nitrogen and oxygen atoms in total. The van der Waals surface area contributed by atoms with Crippen molar-refractivity contribution < 1.29 is 0 Å². The second-order valence-electron chi connectivity index (χ2n) is 20.9. The van der Waals surface area contributed by atoms with Gasteiger partial charge in [0.05, 0.1) is 37.8 Å². The Kier molecular flexibility index (Phi) is 8.95. The van der Waals surface area contributed by atoms with Crippen molar-refractivity contribution in [3.05, 3.63) is 255 Å². The van der Waals surface area contributed by atoms with Gasteiger partial charge in [-0.05, 0) is 112 Å². The number of aromatic nitrogens is 4. The standard InChI is InChI=1S/C73H42N4S2/c1-2-17-43(18-3-1)57-42-47(39-44-19-4-5-20-48(44)57)76-63-30-14-9-24-55(63)68-69-56-25-10-15-32-65(56)78-71(69)59-40-45(33-35-52(59)70(68)76)49-26-16-31-64-67(49)54-23-8-13-29-62(54)75(64)46-34-36-66-58(41-46)53-37-38-74-73(72(53)79-66)77-60-27-11-6-21-50(60)51-22-7-12-28-61(51)77/h1-42H. The molecule has 0 fully saturated rings. The highest BCUT2D eigenvalue weighted by atomic mass is 32.1. The number of hydrogen-bond acceptors (Lipinski definition) is 3. The lowest BCUT2D eigenvalue weighted by Crippen LogP contribution is -1.97. The number of rotatable bonds is 5. The summed E-state index contributed by atoms with van der Waals surface area (Å²) in [6.07, 6.45) is 1.98. The van der Waals surface area contributed by atoms with E-state index in [0.717, 1.165) is 28.2 Å². The molecule has 6 heterocycles. The van der Waals surface area contributed by atoms with E-state index in [0.29, 0.717) is 0 Å². The van der Waals surface area contributed by atoms with Crippen LogP contribution in [-0.2, 0) is 0 Å². The zero-order chi connectivity index (χ0) is 51.4. The first-order chi connectivity index (χ1) is 39.2. The maximum absolute atomic E-state index is 5.12. The van der Waals surface area contributed by atoms with Crippen LogP contribution in [0, 0.1) is 0 Å². The molecule has 0 bridgehead atoms. The van der Waals surface area contributed by atoms with E-state index in [-0.39, 0.29) is 0 Å². The maximum Gasteiger partial charge on any atom is 0.155 e. The molecule has 0 aliphatic rings. The Morgan fingerprint density at radius 3 is 1.70 bits per heavy atom. The van der Waals surface area contributed by atoms with Crippen molar-refractivity contribution in [2.45, 2.75) is 0 Å². The highest BCUT2D eigenvalue weighted by Crippen LogP contribution is 2.50. The number of thiophene rings is 2. The van der Waals surface area contributed by atoms with Crippen LogP contribution in [-0.4, -0.2) is 18.7 Å². The van der Waals surface area contributed by atoms with Gasteiger partial charge in [0.15, 0.2) is 5.82 Å². The van der Waals surface area contributed by atoms with Gasteiger partial charge in [-0.3, -0.25) is 4.57 Å². The van der Waals surface area contributed by atoms with Crippen molar-refractivity contribution in [3.63, 3.8) is 0 Å². The highest BCUT2D eigenvalue weighted by Gasteiger charge is 2.25. The minimum atomic E-state index is 0.968. The largest absolute Gasteiger partial charge is 0.309 e. The highest BCUT2D eigenvalue weighted by molar-refractivity contribution is 7.27. The van der Waals surface area contributed by atoms with Crippen molar-refractivity contribution in [1.29, 1.82) is 0 Å². The van der Waals surface area contributed by atoms with E-state index >= 15 is 0 Å². The monoisotopic (exact) mass is 1040 g/mol. The van der Waals surface area contributed by atoms with Gasteiger partial charge in [0.2, 0.25) is 0 Å². The Morgan fingerprint density at radius 2 is 0.911 bits per heavy atom. The molecule has 0 amide bonds. The summed E-state index contributed by atoms with van der Waals surface area (Å²) in [5.41, 5.74) is 14.3. The van der Waals surface area contributed by atoms with Gasteiger partial charge in [0.1, 0.15) is 0 Å². The Hall–Kier alpha value is -9.85. The lowest BCUT2D eigenvalue weighted by molar-refractivity contribution is 1.11. The van der Waals surface area contributed by atoms with E-state index in [1.165, 1.54) is 139 Å². The van der Waals surface area contributed by atoms with Crippen LogP contribution in [0.2, 0.25) is 0 Å². The molecule has 0 aliphatic carbocycles. The predicted molar refractivity (Wildman–Crippen MR) is 339 cm³/mol. The third kappa shape index (κ3) is 6.04. The van der Waals surface area contributed by atoms with E-state index in [1.54, 1.807) is 0 Å². The van der Waals surface area contributed by atoms with Crippen LogP contribution < -0.4 is 0 Å². The van der Waals surface area contributed by atoms with Gasteiger partial charge < -0.3 is 9.13 Å². The molecule has 0 saturated carbocycles. The summed E-state index contributed by atoms with van der Waals surface area (Å²) in [6.45, 7) is 0. The molecular weight excluding hydrogens is 997 g/mol. The Balaban J connectivity index is 0.868. The third-order valence-electron chi connectivity index (χ3n) is 16.8. The fourth-order valence-electron chi connectivity index (χ4n) is 13.6. The van der Waals surface area contributed by atoms with Crippen molar-refractivity contribution >= 4 is 150 Å². The molecular formula is C73H42N4S2. The normalized spacial score (nSPS) is 12.3. The van der Waals surface area contributed by atoms with Crippen LogP contribution in [0.4, 0.5) is 0 Å². The van der Waals surface area contributed by atoms with Crippen molar-refractivity contribution in [2.24, 2.45) is 0 Å². The smallest absolute Gasteiger partial charge is 0.155 e. The molecule has 12 aromatic carbocycles. The number of nitrogens with zero attached hydrogens (tertiary/aromatic N) is 4. The summed E-state index contributed by atoms with van der Waals surface area (Å²) >= 11 is 3.74. The summed E-state index contributed by atoms with van der Waals surface area (Å²) in [7, 11) is 0. The zero-order valence-electron chi connectivity index (χ0n) is 42.4. The summed E-state index contributed by atoms with van der Waals surface area (Å²) in [5.74, 6) is 0.968. The fraction of sp³-hybridized carbons (Fsp3) is 0. The molecule has 18 aromatic rings. The Labute approximate surface area is 460 Å². The lowest BCUT2D eigenvalue weighted by atomic mass is 9.94. The summed E-state index contributed by atoms with van der Waals surface area (Å²) in [5, 5.41) is 17.5. The summed E-state index contributed by atoms with van der Waals surface area (Å²) in [4.78, 5) is 5.12. The quantitative estimate of drug-likeness (QED) is 0.169. The van der Waals surface area contributed by atoms with E-state index in [2.05, 4.69) is 262 Å². The van der Waals surface area contributed by atoms with Crippen molar-refractivity contribution in [3.8, 4) is 39.4 Å². The van der Waals surface area contributed by atoms with Gasteiger partial charge in [0, 0.05) is 96.3 Å². The average molecular weight is 1040 g/mol. The molecule has 6 heteroatoms. The minimum absolute atomic E-state index is 0.968. The number of pyridine rings is 1. The topological polar surface area (TPSA) is 27.7 Å². The molecule has 18 rings (SSSR count). The van der Waals surface area contributed by atoms with E-state index in [9.17, 15) is 0 Å². The van der Waals surface area contributed by atoms with Gasteiger partial charge in [0.25, 0.3) is 0 Å². The molecule has 0 saturated heterocycles. The lowest BCUT2D eigenvalue weighted by Gasteiger charge is -2.16. The Morgan fingerprint density at radius 1 is 0.291 bits per heavy atom. The van der Waals surface area contributed by atoms with Crippen molar-refractivity contribution in [1.82, 2.24) is 18.7 Å². The minimum Gasteiger partial charge on any atom is -0.309 e. The van der Waals surface area contributed by atoms with Gasteiger partial charge >= 0.3 is 0 Å². The van der Waals surface area contributed by atoms with Crippen LogP contribution in [0.5, 0.6) is 0 Å². The van der Waals surface area contributed by atoms with Crippen LogP contribution in [0.25, 0.3) is 167 Å². The molecule has 0 aliphatic heterocycles. The van der Waals surface area contributed by atoms with Crippen LogP contribution >= 0.6 is 22.7 Å². The maximum atomic E-state index is 5.12. The van der Waals surface area contributed by atoms with Crippen molar-refractivity contribution in [2.75, 3.05) is 0 Å². The number of fused-ring (bicyclic) bond motifs is 20. The average Bonchev–Trinajstić information content (AvgIpc) is 4.51. The molecule has 0 radical (unpaired) electrons. The Bertz CT molecular complexity index is 5580.